The molecule has 0 aromatic rings. The van der Waals surface area contributed by atoms with Gasteiger partial charge in [0.2, 0.25) is 0 Å². The van der Waals surface area contributed by atoms with Crippen molar-refractivity contribution in [3.8, 4) is 0 Å². The Kier molecular flexibility index (Phi) is 2.96. The zero-order valence-electron chi connectivity index (χ0n) is 8.96. The summed E-state index contributed by atoms with van der Waals surface area (Å²) in [5.74, 6) is 0.208. The number of aliphatic hydroxyl groups excluding tert-OH is 1. The lowest BCUT2D eigenvalue weighted by Gasteiger charge is -2.22. The molecule has 76 valence electrons. The SMILES string of the molecule is CC1=NNC(O)C1CCC(C)(C)C. The van der Waals surface area contributed by atoms with Gasteiger partial charge in [0.1, 0.15) is 6.23 Å². The summed E-state index contributed by atoms with van der Waals surface area (Å²) in [7, 11) is 0. The van der Waals surface area contributed by atoms with Gasteiger partial charge in [0.15, 0.2) is 0 Å². The highest BCUT2D eigenvalue weighted by atomic mass is 16.3. The van der Waals surface area contributed by atoms with Crippen LogP contribution >= 0.6 is 0 Å². The maximum absolute atomic E-state index is 9.53. The molecular formula is C10H20N2O. The van der Waals surface area contributed by atoms with Crippen LogP contribution in [0, 0.1) is 11.3 Å². The van der Waals surface area contributed by atoms with Gasteiger partial charge >= 0.3 is 0 Å². The highest BCUT2D eigenvalue weighted by molar-refractivity contribution is 5.85. The number of hydrogen-bond acceptors (Lipinski definition) is 3. The predicted octanol–water partition coefficient (Wildman–Crippen LogP) is 1.73. The fourth-order valence-electron chi connectivity index (χ4n) is 1.52. The van der Waals surface area contributed by atoms with E-state index in [4.69, 9.17) is 0 Å². The van der Waals surface area contributed by atoms with E-state index in [-0.39, 0.29) is 5.92 Å². The van der Waals surface area contributed by atoms with Crippen molar-refractivity contribution in [2.24, 2.45) is 16.4 Å². The Balaban J connectivity index is 2.41. The summed E-state index contributed by atoms with van der Waals surface area (Å²) in [5, 5.41) is 13.5. The lowest BCUT2D eigenvalue weighted by Crippen LogP contribution is -2.29. The average Bonchev–Trinajstić information content (AvgIpc) is 2.27. The summed E-state index contributed by atoms with van der Waals surface area (Å²) in [5.41, 5.74) is 4.06. The molecular weight excluding hydrogens is 164 g/mol. The minimum absolute atomic E-state index is 0.208. The fraction of sp³-hybridized carbons (Fsp3) is 0.900. The lowest BCUT2D eigenvalue weighted by molar-refractivity contribution is 0.109. The molecule has 0 saturated carbocycles. The molecule has 0 amide bonds. The number of nitrogens with one attached hydrogen (secondary N) is 1. The third-order valence-corrected chi connectivity index (χ3v) is 2.50. The lowest BCUT2D eigenvalue weighted by atomic mass is 9.85. The van der Waals surface area contributed by atoms with Crippen LogP contribution in [0.1, 0.15) is 40.5 Å². The van der Waals surface area contributed by atoms with Crippen LogP contribution < -0.4 is 5.43 Å². The second kappa shape index (κ2) is 3.66. The van der Waals surface area contributed by atoms with Crippen molar-refractivity contribution in [1.29, 1.82) is 0 Å². The van der Waals surface area contributed by atoms with E-state index in [1.807, 2.05) is 6.92 Å². The van der Waals surface area contributed by atoms with Gasteiger partial charge < -0.3 is 5.11 Å². The van der Waals surface area contributed by atoms with E-state index in [0.29, 0.717) is 5.41 Å². The molecule has 3 nitrogen and oxygen atoms in total. The first-order chi connectivity index (χ1) is 5.90. The van der Waals surface area contributed by atoms with Crippen LogP contribution in [-0.2, 0) is 0 Å². The molecule has 0 spiro atoms. The largest absolute Gasteiger partial charge is 0.372 e. The molecule has 1 aliphatic heterocycles. The third-order valence-electron chi connectivity index (χ3n) is 2.50. The van der Waals surface area contributed by atoms with Gasteiger partial charge in [-0.05, 0) is 25.2 Å². The summed E-state index contributed by atoms with van der Waals surface area (Å²) >= 11 is 0. The van der Waals surface area contributed by atoms with Crippen molar-refractivity contribution in [1.82, 2.24) is 5.43 Å². The fourth-order valence-corrected chi connectivity index (χ4v) is 1.52. The number of nitrogens with zero attached hydrogens (tertiary/aromatic N) is 1. The van der Waals surface area contributed by atoms with Gasteiger partial charge in [-0.25, -0.2) is 0 Å². The summed E-state index contributed by atoms with van der Waals surface area (Å²) in [6.07, 6.45) is 1.65. The minimum atomic E-state index is -0.470. The van der Waals surface area contributed by atoms with Gasteiger partial charge in [-0.15, -0.1) is 0 Å². The molecule has 1 aliphatic rings. The molecule has 0 saturated heterocycles. The first kappa shape index (κ1) is 10.5. The molecule has 3 heteroatoms. The summed E-state index contributed by atoms with van der Waals surface area (Å²) in [6.45, 7) is 8.62. The molecule has 0 aromatic carbocycles. The Morgan fingerprint density at radius 2 is 2.08 bits per heavy atom. The number of aliphatic hydroxyl groups is 1. The van der Waals surface area contributed by atoms with E-state index < -0.39 is 6.23 Å². The van der Waals surface area contributed by atoms with Crippen molar-refractivity contribution >= 4 is 5.71 Å². The highest BCUT2D eigenvalue weighted by Crippen LogP contribution is 2.26. The maximum Gasteiger partial charge on any atom is 0.147 e. The monoisotopic (exact) mass is 184 g/mol. The summed E-state index contributed by atoms with van der Waals surface area (Å²) in [6, 6.07) is 0. The van der Waals surface area contributed by atoms with E-state index in [9.17, 15) is 5.11 Å². The van der Waals surface area contributed by atoms with Crippen LogP contribution in [0.3, 0.4) is 0 Å². The second-order valence-corrected chi connectivity index (χ2v) is 5.03. The van der Waals surface area contributed by atoms with Gasteiger partial charge in [0, 0.05) is 11.6 Å². The first-order valence-corrected chi connectivity index (χ1v) is 4.88. The predicted molar refractivity (Wildman–Crippen MR) is 54.4 cm³/mol. The third kappa shape index (κ3) is 2.99. The van der Waals surface area contributed by atoms with Gasteiger partial charge in [-0.1, -0.05) is 20.8 Å². The Morgan fingerprint density at radius 1 is 1.46 bits per heavy atom. The van der Waals surface area contributed by atoms with E-state index in [2.05, 4.69) is 31.3 Å². The molecule has 0 aromatic heterocycles. The van der Waals surface area contributed by atoms with Gasteiger partial charge in [-0.2, -0.15) is 5.10 Å². The van der Waals surface area contributed by atoms with Gasteiger partial charge in [0.25, 0.3) is 0 Å². The number of rotatable bonds is 2. The zero-order valence-corrected chi connectivity index (χ0v) is 8.96. The van der Waals surface area contributed by atoms with Crippen molar-refractivity contribution in [3.63, 3.8) is 0 Å². The summed E-state index contributed by atoms with van der Waals surface area (Å²) in [4.78, 5) is 0. The van der Waals surface area contributed by atoms with Gasteiger partial charge in [0.05, 0.1) is 0 Å². The van der Waals surface area contributed by atoms with Crippen LogP contribution in [0.15, 0.2) is 5.10 Å². The molecule has 2 unspecified atom stereocenters. The highest BCUT2D eigenvalue weighted by Gasteiger charge is 2.28. The van der Waals surface area contributed by atoms with Crippen molar-refractivity contribution < 1.29 is 5.11 Å². The van der Waals surface area contributed by atoms with E-state index in [0.717, 1.165) is 18.6 Å². The van der Waals surface area contributed by atoms with Crippen LogP contribution in [0.25, 0.3) is 0 Å². The molecule has 1 rings (SSSR count). The Bertz CT molecular complexity index is 205. The van der Waals surface area contributed by atoms with Crippen molar-refractivity contribution in [2.75, 3.05) is 0 Å². The second-order valence-electron chi connectivity index (χ2n) is 5.03. The topological polar surface area (TPSA) is 44.6 Å². The first-order valence-electron chi connectivity index (χ1n) is 4.88. The maximum atomic E-state index is 9.53. The molecule has 0 aliphatic carbocycles. The number of hydrogen-bond donors (Lipinski definition) is 2. The molecule has 0 fully saturated rings. The molecule has 0 bridgehead atoms. The van der Waals surface area contributed by atoms with Crippen LogP contribution in [0.5, 0.6) is 0 Å². The normalized spacial score (nSPS) is 28.5. The zero-order chi connectivity index (χ0) is 10.1. The smallest absolute Gasteiger partial charge is 0.147 e. The van der Waals surface area contributed by atoms with Gasteiger partial charge in [-0.3, -0.25) is 5.43 Å². The molecule has 0 radical (unpaired) electrons. The average molecular weight is 184 g/mol. The Morgan fingerprint density at radius 3 is 2.46 bits per heavy atom. The van der Waals surface area contributed by atoms with Crippen LogP contribution in [0.2, 0.25) is 0 Å². The van der Waals surface area contributed by atoms with E-state index in [1.165, 1.54) is 0 Å². The standard InChI is InChI=1S/C10H20N2O/c1-7-8(9(13)12-11-7)5-6-10(2,3)4/h8-9,12-13H,5-6H2,1-4H3. The Labute approximate surface area is 80.2 Å². The molecule has 13 heavy (non-hydrogen) atoms. The molecule has 2 N–H and O–H groups in total. The van der Waals surface area contributed by atoms with E-state index in [1.54, 1.807) is 0 Å². The number of hydrazone groups is 1. The molecule has 1 heterocycles. The van der Waals surface area contributed by atoms with Crippen molar-refractivity contribution in [3.05, 3.63) is 0 Å². The minimum Gasteiger partial charge on any atom is -0.372 e. The summed E-state index contributed by atoms with van der Waals surface area (Å²) < 4.78 is 0. The van der Waals surface area contributed by atoms with Crippen molar-refractivity contribution in [2.45, 2.75) is 46.8 Å². The van der Waals surface area contributed by atoms with E-state index >= 15 is 0 Å². The van der Waals surface area contributed by atoms with Crippen LogP contribution in [0.4, 0.5) is 0 Å². The quantitative estimate of drug-likeness (QED) is 0.686. The van der Waals surface area contributed by atoms with Crippen LogP contribution in [-0.4, -0.2) is 17.0 Å². The molecule has 2 atom stereocenters. The Hall–Kier alpha value is -0.570.